The number of carbonyl (C=O) groups excluding carboxylic acids is 1. The van der Waals surface area contributed by atoms with Gasteiger partial charge in [0.15, 0.2) is 5.78 Å². The topological polar surface area (TPSA) is 66.0 Å². The fourth-order valence-electron chi connectivity index (χ4n) is 5.34. The minimum atomic E-state index is -0.627. The van der Waals surface area contributed by atoms with Crippen molar-refractivity contribution in [3.8, 4) is 5.69 Å². The summed E-state index contributed by atoms with van der Waals surface area (Å²) < 4.78 is 4.12. The van der Waals surface area contributed by atoms with Gasteiger partial charge in [0, 0.05) is 12.0 Å². The van der Waals surface area contributed by atoms with Gasteiger partial charge in [-0.05, 0) is 46.4 Å². The second-order valence-corrected chi connectivity index (χ2v) is 9.70. The Morgan fingerprint density at radius 3 is 2.24 bits per heavy atom. The molecule has 1 aliphatic carbocycles. The summed E-state index contributed by atoms with van der Waals surface area (Å²) in [6.45, 7) is 4.05. The summed E-state index contributed by atoms with van der Waals surface area (Å²) in [6.07, 6.45) is 0.943. The van der Waals surface area contributed by atoms with Gasteiger partial charge in [0.2, 0.25) is 0 Å². The molecule has 1 unspecified atom stereocenters. The minimum absolute atomic E-state index is 0.000620. The van der Waals surface area contributed by atoms with Crippen LogP contribution in [0.3, 0.4) is 0 Å². The molecule has 3 aromatic carbocycles. The molecule has 2 aliphatic rings. The van der Waals surface area contributed by atoms with E-state index in [4.69, 9.17) is 0 Å². The average molecular weight is 437 g/mol. The Labute approximate surface area is 190 Å². The number of Topliss-reactive ketones (excluding diaryl/α,β-unsaturated/α-hetero) is 1. The SMILES string of the molecule is CC1(C)CC(=O)C2=C(C1)n1c(=O)n(-c3ccccc3)c(=O)n1C2c1ccc2ccccc2c1. The van der Waals surface area contributed by atoms with Crippen LogP contribution in [0.25, 0.3) is 22.2 Å². The van der Waals surface area contributed by atoms with Crippen molar-refractivity contribution in [2.75, 3.05) is 0 Å². The normalized spacial score (nSPS) is 19.1. The number of aromatic nitrogens is 3. The molecule has 33 heavy (non-hydrogen) atoms. The fourth-order valence-corrected chi connectivity index (χ4v) is 5.34. The molecule has 2 heterocycles. The van der Waals surface area contributed by atoms with Gasteiger partial charge in [0.25, 0.3) is 0 Å². The number of fused-ring (bicyclic) bond motifs is 3. The summed E-state index contributed by atoms with van der Waals surface area (Å²) in [5.74, 6) is 0.000620. The molecule has 0 radical (unpaired) electrons. The van der Waals surface area contributed by atoms with Crippen LogP contribution in [0.5, 0.6) is 0 Å². The molecule has 1 aromatic heterocycles. The Hall–Kier alpha value is -3.93. The van der Waals surface area contributed by atoms with Crippen LogP contribution in [0.15, 0.2) is 88.0 Å². The molecule has 0 spiro atoms. The van der Waals surface area contributed by atoms with E-state index in [0.717, 1.165) is 16.3 Å². The summed E-state index contributed by atoms with van der Waals surface area (Å²) in [5, 5.41) is 2.10. The van der Waals surface area contributed by atoms with Crippen LogP contribution >= 0.6 is 0 Å². The first-order valence-electron chi connectivity index (χ1n) is 11.1. The second kappa shape index (κ2) is 6.78. The maximum atomic E-state index is 13.7. The van der Waals surface area contributed by atoms with Crippen molar-refractivity contribution in [2.45, 2.75) is 32.7 Å². The van der Waals surface area contributed by atoms with Crippen LogP contribution in [0.2, 0.25) is 0 Å². The third-order valence-electron chi connectivity index (χ3n) is 6.75. The van der Waals surface area contributed by atoms with Gasteiger partial charge in [-0.15, -0.1) is 0 Å². The second-order valence-electron chi connectivity index (χ2n) is 9.70. The van der Waals surface area contributed by atoms with Crippen molar-refractivity contribution in [1.29, 1.82) is 0 Å². The van der Waals surface area contributed by atoms with E-state index >= 15 is 0 Å². The molecule has 0 bridgehead atoms. The highest BCUT2D eigenvalue weighted by molar-refractivity contribution is 6.04. The lowest BCUT2D eigenvalue weighted by atomic mass is 9.74. The number of allylic oxidation sites excluding steroid dienone is 2. The number of benzene rings is 3. The van der Waals surface area contributed by atoms with E-state index in [1.807, 2.05) is 62.4 Å². The Bertz CT molecular complexity index is 1600. The maximum Gasteiger partial charge on any atom is 0.356 e. The van der Waals surface area contributed by atoms with Crippen molar-refractivity contribution >= 4 is 22.3 Å². The van der Waals surface area contributed by atoms with E-state index in [1.165, 1.54) is 13.9 Å². The smallest absolute Gasteiger partial charge is 0.294 e. The third-order valence-corrected chi connectivity index (χ3v) is 6.75. The van der Waals surface area contributed by atoms with Crippen LogP contribution in [-0.4, -0.2) is 19.7 Å². The van der Waals surface area contributed by atoms with Gasteiger partial charge < -0.3 is 0 Å². The average Bonchev–Trinajstić information content (AvgIpc) is 3.26. The highest BCUT2D eigenvalue weighted by Crippen LogP contribution is 2.46. The first kappa shape index (κ1) is 19.7. The van der Waals surface area contributed by atoms with Crippen LogP contribution in [0, 0.1) is 5.41 Å². The zero-order valence-corrected chi connectivity index (χ0v) is 18.5. The molecule has 164 valence electrons. The van der Waals surface area contributed by atoms with Gasteiger partial charge in [-0.3, -0.25) is 4.79 Å². The summed E-state index contributed by atoms with van der Waals surface area (Å²) in [6, 6.07) is 22.3. The predicted molar refractivity (Wildman–Crippen MR) is 128 cm³/mol. The summed E-state index contributed by atoms with van der Waals surface area (Å²) >= 11 is 0. The number of nitrogens with zero attached hydrogens (tertiary/aromatic N) is 3. The fraction of sp³-hybridized carbons (Fsp3) is 0.222. The highest BCUT2D eigenvalue weighted by Gasteiger charge is 2.45. The van der Waals surface area contributed by atoms with Crippen molar-refractivity contribution in [2.24, 2.45) is 5.41 Å². The van der Waals surface area contributed by atoms with Crippen molar-refractivity contribution in [1.82, 2.24) is 13.9 Å². The minimum Gasteiger partial charge on any atom is -0.294 e. The van der Waals surface area contributed by atoms with Crippen LogP contribution in [0.4, 0.5) is 0 Å². The zero-order valence-electron chi connectivity index (χ0n) is 18.5. The molecule has 0 fully saturated rings. The van der Waals surface area contributed by atoms with Gasteiger partial charge in [-0.2, -0.15) is 0 Å². The molecular weight excluding hydrogens is 414 g/mol. The van der Waals surface area contributed by atoms with E-state index < -0.39 is 17.4 Å². The molecule has 0 amide bonds. The Kier molecular flexibility index (Phi) is 4.06. The number of carbonyl (C=O) groups is 1. The van der Waals surface area contributed by atoms with Crippen LogP contribution in [0.1, 0.15) is 38.3 Å². The van der Waals surface area contributed by atoms with E-state index in [0.29, 0.717) is 29.8 Å². The largest absolute Gasteiger partial charge is 0.356 e. The number of para-hydroxylation sites is 1. The van der Waals surface area contributed by atoms with Gasteiger partial charge in [0.05, 0.1) is 11.4 Å². The van der Waals surface area contributed by atoms with E-state index in [9.17, 15) is 14.4 Å². The Morgan fingerprint density at radius 1 is 0.788 bits per heavy atom. The van der Waals surface area contributed by atoms with Gasteiger partial charge >= 0.3 is 11.4 Å². The van der Waals surface area contributed by atoms with E-state index in [1.54, 1.807) is 24.3 Å². The molecule has 1 aliphatic heterocycles. The lowest BCUT2D eigenvalue weighted by Crippen LogP contribution is -2.33. The first-order valence-corrected chi connectivity index (χ1v) is 11.1. The third kappa shape index (κ3) is 2.83. The summed E-state index contributed by atoms with van der Waals surface area (Å²) in [4.78, 5) is 40.7. The number of ketones is 1. The predicted octanol–water partition coefficient (Wildman–Crippen LogP) is 4.16. The number of hydrogen-bond donors (Lipinski definition) is 0. The van der Waals surface area contributed by atoms with Crippen molar-refractivity contribution < 1.29 is 4.79 Å². The summed E-state index contributed by atoms with van der Waals surface area (Å²) in [7, 11) is 0. The quantitative estimate of drug-likeness (QED) is 0.473. The number of rotatable bonds is 2. The molecule has 0 saturated heterocycles. The summed E-state index contributed by atoms with van der Waals surface area (Å²) in [5.41, 5.74) is 1.39. The van der Waals surface area contributed by atoms with Crippen molar-refractivity contribution in [3.63, 3.8) is 0 Å². The monoisotopic (exact) mass is 437 g/mol. The molecule has 1 atom stereocenters. The Balaban J connectivity index is 1.67. The van der Waals surface area contributed by atoms with Crippen LogP contribution in [-0.2, 0) is 4.79 Å². The standard InChI is InChI=1S/C27H23N3O3/c1-27(2)15-21-23(22(31)16-27)24(19-13-12-17-8-6-7-9-18(17)14-19)30-26(33)28(25(32)29(21)30)20-10-4-3-5-11-20/h3-14,24H,15-16H2,1-2H3. The molecule has 0 saturated carbocycles. The van der Waals surface area contributed by atoms with Crippen LogP contribution < -0.4 is 11.4 Å². The highest BCUT2D eigenvalue weighted by atomic mass is 16.2. The zero-order chi connectivity index (χ0) is 22.9. The molecular formula is C27H23N3O3. The molecule has 4 aromatic rings. The molecule has 6 rings (SSSR count). The van der Waals surface area contributed by atoms with Gasteiger partial charge in [-0.25, -0.2) is 23.5 Å². The lowest BCUT2D eigenvalue weighted by Gasteiger charge is -2.30. The molecule has 6 heteroatoms. The first-order chi connectivity index (χ1) is 15.9. The van der Waals surface area contributed by atoms with Gasteiger partial charge in [0.1, 0.15) is 6.04 Å². The lowest BCUT2D eigenvalue weighted by molar-refractivity contribution is -0.118. The number of hydrogen-bond acceptors (Lipinski definition) is 3. The van der Waals surface area contributed by atoms with Crippen molar-refractivity contribution in [3.05, 3.63) is 105 Å². The van der Waals surface area contributed by atoms with Gasteiger partial charge in [-0.1, -0.05) is 68.4 Å². The maximum absolute atomic E-state index is 13.7. The molecule has 6 nitrogen and oxygen atoms in total. The molecule has 0 N–H and O–H groups in total. The van der Waals surface area contributed by atoms with E-state index in [-0.39, 0.29) is 11.2 Å². The van der Waals surface area contributed by atoms with E-state index in [2.05, 4.69) is 0 Å². The Morgan fingerprint density at radius 2 is 1.48 bits per heavy atom.